The third-order valence-electron chi connectivity index (χ3n) is 4.03. The summed E-state index contributed by atoms with van der Waals surface area (Å²) >= 11 is 5.73. The van der Waals surface area contributed by atoms with Crippen LogP contribution in [-0.2, 0) is 12.7 Å². The second-order valence-corrected chi connectivity index (χ2v) is 6.66. The summed E-state index contributed by atoms with van der Waals surface area (Å²) in [5.74, 6) is -4.20. The molecule has 0 radical (unpaired) electrons. The maximum absolute atomic E-state index is 13.3. The maximum atomic E-state index is 13.3. The summed E-state index contributed by atoms with van der Waals surface area (Å²) in [6.45, 7) is -0.187. The summed E-state index contributed by atoms with van der Waals surface area (Å²) in [6.07, 6.45) is -4.51. The van der Waals surface area contributed by atoms with Crippen molar-refractivity contribution in [2.24, 2.45) is 0 Å². The van der Waals surface area contributed by atoms with E-state index in [1.807, 2.05) is 0 Å². The first-order chi connectivity index (χ1) is 14.5. The van der Waals surface area contributed by atoms with Crippen molar-refractivity contribution in [2.75, 3.05) is 5.32 Å². The molecule has 1 aromatic heterocycles. The lowest BCUT2D eigenvalue weighted by molar-refractivity contribution is -0.137. The molecular formula is C19H12ClF5N4O2. The monoisotopic (exact) mass is 458 g/mol. The van der Waals surface area contributed by atoms with E-state index < -0.39 is 35.2 Å². The number of nitrogens with one attached hydrogen (secondary N) is 3. The molecule has 0 spiro atoms. The van der Waals surface area contributed by atoms with E-state index in [0.29, 0.717) is 12.1 Å². The number of anilines is 1. The number of hydrogen-bond acceptors (Lipinski definition) is 3. The first-order valence-corrected chi connectivity index (χ1v) is 8.88. The normalized spacial score (nSPS) is 11.3. The minimum absolute atomic E-state index is 0.0985. The second kappa shape index (κ2) is 8.72. The van der Waals surface area contributed by atoms with Crippen LogP contribution in [0.5, 0.6) is 0 Å². The van der Waals surface area contributed by atoms with E-state index in [4.69, 9.17) is 11.6 Å². The number of halogens is 6. The van der Waals surface area contributed by atoms with E-state index in [9.17, 15) is 31.5 Å². The second-order valence-electron chi connectivity index (χ2n) is 6.25. The third-order valence-corrected chi connectivity index (χ3v) is 4.34. The van der Waals surface area contributed by atoms with Gasteiger partial charge in [0.15, 0.2) is 17.5 Å². The number of aromatic amines is 1. The lowest BCUT2D eigenvalue weighted by Gasteiger charge is -2.09. The van der Waals surface area contributed by atoms with Crippen molar-refractivity contribution in [3.8, 4) is 0 Å². The van der Waals surface area contributed by atoms with Crippen LogP contribution in [0.1, 0.15) is 32.0 Å². The number of nitrogens with zero attached hydrogens (tertiary/aromatic N) is 1. The lowest BCUT2D eigenvalue weighted by atomic mass is 10.1. The van der Waals surface area contributed by atoms with Crippen LogP contribution in [0.15, 0.2) is 42.5 Å². The van der Waals surface area contributed by atoms with Gasteiger partial charge in [-0.2, -0.15) is 18.3 Å². The van der Waals surface area contributed by atoms with Crippen LogP contribution in [0, 0.1) is 11.6 Å². The summed E-state index contributed by atoms with van der Waals surface area (Å²) in [4.78, 5) is 24.3. The number of hydrogen-bond donors (Lipinski definition) is 3. The largest absolute Gasteiger partial charge is 0.416 e. The molecule has 1 heterocycles. The Morgan fingerprint density at radius 2 is 1.74 bits per heavy atom. The highest BCUT2D eigenvalue weighted by atomic mass is 35.5. The number of rotatable bonds is 5. The molecular weight excluding hydrogens is 447 g/mol. The number of alkyl halides is 3. The Hall–Kier alpha value is -3.47. The Balaban J connectivity index is 1.64. The summed E-state index contributed by atoms with van der Waals surface area (Å²) < 4.78 is 64.7. The molecule has 3 N–H and O–H groups in total. The van der Waals surface area contributed by atoms with Crippen molar-refractivity contribution in [1.82, 2.24) is 15.5 Å². The number of carbonyl (C=O) groups is 2. The van der Waals surface area contributed by atoms with Gasteiger partial charge in [0.05, 0.1) is 16.1 Å². The number of aromatic nitrogens is 2. The molecule has 0 aliphatic carbocycles. The fourth-order valence-corrected chi connectivity index (χ4v) is 2.75. The van der Waals surface area contributed by atoms with Crippen molar-refractivity contribution in [2.45, 2.75) is 12.7 Å². The molecule has 0 bridgehead atoms. The minimum Gasteiger partial charge on any atom is -0.347 e. The van der Waals surface area contributed by atoms with E-state index in [0.717, 1.165) is 18.2 Å². The van der Waals surface area contributed by atoms with E-state index in [1.54, 1.807) is 0 Å². The van der Waals surface area contributed by atoms with Gasteiger partial charge in [0.25, 0.3) is 11.8 Å². The van der Waals surface area contributed by atoms with Gasteiger partial charge < -0.3 is 10.6 Å². The fourth-order valence-electron chi connectivity index (χ4n) is 2.52. The number of carbonyl (C=O) groups excluding carboxylic acids is 2. The summed E-state index contributed by atoms with van der Waals surface area (Å²) in [5, 5.41) is 10.4. The van der Waals surface area contributed by atoms with Gasteiger partial charge in [0.2, 0.25) is 0 Å². The molecule has 31 heavy (non-hydrogen) atoms. The zero-order valence-corrected chi connectivity index (χ0v) is 16.0. The molecule has 0 unspecified atom stereocenters. The Morgan fingerprint density at radius 1 is 1.03 bits per heavy atom. The van der Waals surface area contributed by atoms with Crippen molar-refractivity contribution < 1.29 is 31.5 Å². The molecule has 12 heteroatoms. The zero-order chi connectivity index (χ0) is 22.8. The molecule has 2 amide bonds. The quantitative estimate of drug-likeness (QED) is 0.387. The molecule has 3 aromatic rings. The smallest absolute Gasteiger partial charge is 0.347 e. The molecule has 0 aliphatic rings. The van der Waals surface area contributed by atoms with Gasteiger partial charge in [-0.15, -0.1) is 0 Å². The van der Waals surface area contributed by atoms with Crippen molar-refractivity contribution >= 4 is 29.2 Å². The third kappa shape index (κ3) is 5.37. The molecule has 6 nitrogen and oxygen atoms in total. The van der Waals surface area contributed by atoms with Crippen LogP contribution >= 0.6 is 11.6 Å². The first-order valence-electron chi connectivity index (χ1n) is 8.50. The topological polar surface area (TPSA) is 86.9 Å². The Bertz CT molecular complexity index is 1150. The average Bonchev–Trinajstić information content (AvgIpc) is 3.17. The van der Waals surface area contributed by atoms with Gasteiger partial charge >= 0.3 is 6.18 Å². The highest BCUT2D eigenvalue weighted by molar-refractivity contribution is 6.34. The fraction of sp³-hybridized carbons (Fsp3) is 0.105. The van der Waals surface area contributed by atoms with Gasteiger partial charge in [-0.05, 0) is 29.8 Å². The zero-order valence-electron chi connectivity index (χ0n) is 15.3. The van der Waals surface area contributed by atoms with Crippen LogP contribution in [0.4, 0.5) is 27.8 Å². The summed E-state index contributed by atoms with van der Waals surface area (Å²) in [6, 6.07) is 6.86. The highest BCUT2D eigenvalue weighted by Crippen LogP contribution is 2.29. The van der Waals surface area contributed by atoms with Crippen molar-refractivity contribution in [3.63, 3.8) is 0 Å². The molecule has 0 aliphatic heterocycles. The molecule has 162 valence electrons. The molecule has 3 rings (SSSR count). The number of amides is 2. The maximum Gasteiger partial charge on any atom is 0.416 e. The van der Waals surface area contributed by atoms with Crippen molar-refractivity contribution in [3.05, 3.63) is 81.5 Å². The Morgan fingerprint density at radius 3 is 2.45 bits per heavy atom. The van der Waals surface area contributed by atoms with E-state index in [1.165, 1.54) is 12.1 Å². The minimum atomic E-state index is -4.51. The average molecular weight is 459 g/mol. The van der Waals surface area contributed by atoms with Crippen LogP contribution in [0.25, 0.3) is 0 Å². The molecule has 0 saturated carbocycles. The summed E-state index contributed by atoms with van der Waals surface area (Å²) in [7, 11) is 0. The van der Waals surface area contributed by atoms with E-state index >= 15 is 0 Å². The number of benzene rings is 2. The van der Waals surface area contributed by atoms with E-state index in [-0.39, 0.29) is 34.2 Å². The molecule has 0 fully saturated rings. The van der Waals surface area contributed by atoms with Crippen LogP contribution in [0.2, 0.25) is 5.02 Å². The van der Waals surface area contributed by atoms with Gasteiger partial charge in [-0.3, -0.25) is 14.7 Å². The van der Waals surface area contributed by atoms with Crippen LogP contribution in [-0.4, -0.2) is 22.0 Å². The summed E-state index contributed by atoms with van der Waals surface area (Å²) in [5.41, 5.74) is -1.07. The molecule has 0 saturated heterocycles. The predicted molar refractivity (Wildman–Crippen MR) is 101 cm³/mol. The lowest BCUT2D eigenvalue weighted by Crippen LogP contribution is -2.23. The standard InChI is InChI=1S/C19H12ClF5N4O2/c20-12-6-14(22)13(21)5-11(12)17(30)27-16-7-15(28-29-16)18(31)26-8-9-2-1-3-10(4-9)19(23,24)25/h1-7H,8H2,(H,26,31)(H2,27,28,29,30). The Labute approximate surface area is 176 Å². The van der Waals surface area contributed by atoms with Gasteiger partial charge in [0, 0.05) is 12.6 Å². The van der Waals surface area contributed by atoms with Crippen LogP contribution in [0.3, 0.4) is 0 Å². The van der Waals surface area contributed by atoms with Gasteiger partial charge in [-0.1, -0.05) is 23.7 Å². The van der Waals surface area contributed by atoms with Crippen molar-refractivity contribution in [1.29, 1.82) is 0 Å². The molecule has 0 atom stereocenters. The SMILES string of the molecule is O=C(NCc1cccc(C(F)(F)F)c1)c1cc(NC(=O)c2cc(F)c(F)cc2Cl)n[nH]1. The van der Waals surface area contributed by atoms with E-state index in [2.05, 4.69) is 20.8 Å². The predicted octanol–water partition coefficient (Wildman–Crippen LogP) is 4.54. The van der Waals surface area contributed by atoms with Gasteiger partial charge in [-0.25, -0.2) is 8.78 Å². The first kappa shape index (κ1) is 22.2. The molecule has 2 aromatic carbocycles. The van der Waals surface area contributed by atoms with Gasteiger partial charge in [0.1, 0.15) is 5.69 Å². The number of H-pyrrole nitrogens is 1. The highest BCUT2D eigenvalue weighted by Gasteiger charge is 2.30. The van der Waals surface area contributed by atoms with Crippen LogP contribution < -0.4 is 10.6 Å². The Kier molecular flexibility index (Phi) is 6.25.